The molecule has 1 atom stereocenters. The number of carbonyl (C=O) groups is 1. The van der Waals surface area contributed by atoms with Gasteiger partial charge in [0.2, 0.25) is 5.91 Å². The molecule has 1 saturated carbocycles. The summed E-state index contributed by atoms with van der Waals surface area (Å²) in [5, 5.41) is 2.86. The summed E-state index contributed by atoms with van der Waals surface area (Å²) in [6.45, 7) is 2.34. The van der Waals surface area contributed by atoms with Crippen LogP contribution in [-0.2, 0) is 9.63 Å². The van der Waals surface area contributed by atoms with E-state index in [1.165, 1.54) is 19.3 Å². The summed E-state index contributed by atoms with van der Waals surface area (Å²) in [4.78, 5) is 16.2. The van der Waals surface area contributed by atoms with Gasteiger partial charge in [-0.2, -0.15) is 0 Å². The molecule has 82 valence electrons. The molecule has 1 amide bonds. The first-order valence-electron chi connectivity index (χ1n) is 5.37. The minimum atomic E-state index is -0.109. The first-order chi connectivity index (χ1) is 6.74. The molecule has 1 rings (SSSR count). The maximum atomic E-state index is 11.6. The molecule has 0 heterocycles. The molecule has 4 nitrogen and oxygen atoms in total. The summed E-state index contributed by atoms with van der Waals surface area (Å²) in [6, 6.07) is 0. The largest absolute Gasteiger partial charge is 0.353 e. The van der Waals surface area contributed by atoms with Crippen LogP contribution in [0.5, 0.6) is 0 Å². The van der Waals surface area contributed by atoms with Crippen molar-refractivity contribution in [2.24, 2.45) is 11.8 Å². The van der Waals surface area contributed by atoms with Crippen LogP contribution < -0.4 is 11.2 Å². The molecule has 0 spiro atoms. The minimum Gasteiger partial charge on any atom is -0.353 e. The zero-order chi connectivity index (χ0) is 10.4. The standard InChI is InChI=1S/C10H20N2O2/c1-8(14-11)7-12-10(13)9-5-3-2-4-6-9/h8-9H,2-7,11H2,1H3,(H,12,13). The maximum absolute atomic E-state index is 11.6. The van der Waals surface area contributed by atoms with Gasteiger partial charge in [-0.1, -0.05) is 19.3 Å². The van der Waals surface area contributed by atoms with Gasteiger partial charge in [-0.05, 0) is 19.8 Å². The molecular weight excluding hydrogens is 180 g/mol. The van der Waals surface area contributed by atoms with E-state index in [0.29, 0.717) is 6.54 Å². The van der Waals surface area contributed by atoms with E-state index >= 15 is 0 Å². The van der Waals surface area contributed by atoms with Crippen LogP contribution in [0.1, 0.15) is 39.0 Å². The summed E-state index contributed by atoms with van der Waals surface area (Å²) in [6.07, 6.45) is 5.59. The van der Waals surface area contributed by atoms with Crippen LogP contribution in [0.25, 0.3) is 0 Å². The van der Waals surface area contributed by atoms with Crippen LogP contribution in [0.3, 0.4) is 0 Å². The summed E-state index contributed by atoms with van der Waals surface area (Å²) >= 11 is 0. The Morgan fingerprint density at radius 3 is 2.71 bits per heavy atom. The van der Waals surface area contributed by atoms with Gasteiger partial charge in [-0.3, -0.25) is 9.63 Å². The van der Waals surface area contributed by atoms with E-state index in [0.717, 1.165) is 12.8 Å². The molecule has 1 aliphatic rings. The molecule has 0 radical (unpaired) electrons. The van der Waals surface area contributed by atoms with Crippen LogP contribution in [0, 0.1) is 5.92 Å². The van der Waals surface area contributed by atoms with Crippen LogP contribution in [0.4, 0.5) is 0 Å². The van der Waals surface area contributed by atoms with Gasteiger partial charge in [0.25, 0.3) is 0 Å². The van der Waals surface area contributed by atoms with E-state index in [1.54, 1.807) is 0 Å². The molecule has 1 fully saturated rings. The predicted octanol–water partition coefficient (Wildman–Crippen LogP) is 0.962. The number of hydrogen-bond donors (Lipinski definition) is 2. The molecular formula is C10H20N2O2. The van der Waals surface area contributed by atoms with Crippen molar-refractivity contribution in [2.75, 3.05) is 6.54 Å². The monoisotopic (exact) mass is 200 g/mol. The molecule has 1 aliphatic carbocycles. The zero-order valence-electron chi connectivity index (χ0n) is 8.79. The Morgan fingerprint density at radius 2 is 2.14 bits per heavy atom. The molecule has 14 heavy (non-hydrogen) atoms. The topological polar surface area (TPSA) is 64.3 Å². The van der Waals surface area contributed by atoms with E-state index < -0.39 is 0 Å². The highest BCUT2D eigenvalue weighted by Gasteiger charge is 2.20. The van der Waals surface area contributed by atoms with E-state index in [1.807, 2.05) is 6.92 Å². The molecule has 0 saturated heterocycles. The predicted molar refractivity (Wildman–Crippen MR) is 54.3 cm³/mol. The molecule has 4 heteroatoms. The van der Waals surface area contributed by atoms with Gasteiger partial charge in [0, 0.05) is 12.5 Å². The second kappa shape index (κ2) is 5.98. The lowest BCUT2D eigenvalue weighted by molar-refractivity contribution is -0.126. The van der Waals surface area contributed by atoms with Crippen molar-refractivity contribution in [3.63, 3.8) is 0 Å². The van der Waals surface area contributed by atoms with Gasteiger partial charge < -0.3 is 5.32 Å². The van der Waals surface area contributed by atoms with E-state index in [-0.39, 0.29) is 17.9 Å². The quantitative estimate of drug-likeness (QED) is 0.664. The Balaban J connectivity index is 2.19. The Morgan fingerprint density at radius 1 is 1.50 bits per heavy atom. The Kier molecular flexibility index (Phi) is 4.90. The smallest absolute Gasteiger partial charge is 0.223 e. The number of hydrogen-bond acceptors (Lipinski definition) is 3. The Bertz CT molecular complexity index is 179. The maximum Gasteiger partial charge on any atom is 0.223 e. The minimum absolute atomic E-state index is 0.109. The number of amides is 1. The van der Waals surface area contributed by atoms with Crippen LogP contribution in [-0.4, -0.2) is 18.6 Å². The Labute approximate surface area is 85.1 Å². The highest BCUT2D eigenvalue weighted by Crippen LogP contribution is 2.23. The number of carbonyl (C=O) groups excluding carboxylic acids is 1. The van der Waals surface area contributed by atoms with E-state index in [9.17, 15) is 4.79 Å². The van der Waals surface area contributed by atoms with Crippen molar-refractivity contribution in [2.45, 2.75) is 45.1 Å². The van der Waals surface area contributed by atoms with Gasteiger partial charge in [0.05, 0.1) is 6.10 Å². The van der Waals surface area contributed by atoms with Crippen LogP contribution in [0.15, 0.2) is 0 Å². The molecule has 3 N–H and O–H groups in total. The van der Waals surface area contributed by atoms with Crippen molar-refractivity contribution < 1.29 is 9.63 Å². The lowest BCUT2D eigenvalue weighted by atomic mass is 9.89. The molecule has 0 bridgehead atoms. The second-order valence-corrected chi connectivity index (χ2v) is 4.03. The summed E-state index contributed by atoms with van der Waals surface area (Å²) in [5.41, 5.74) is 0. The second-order valence-electron chi connectivity index (χ2n) is 4.03. The van der Waals surface area contributed by atoms with E-state index in [4.69, 9.17) is 5.90 Å². The Hall–Kier alpha value is -0.610. The normalized spacial score (nSPS) is 20.4. The van der Waals surface area contributed by atoms with Crippen molar-refractivity contribution in [3.8, 4) is 0 Å². The molecule has 1 unspecified atom stereocenters. The molecule has 0 aromatic heterocycles. The summed E-state index contributed by atoms with van der Waals surface area (Å²) < 4.78 is 0. The third-order valence-electron chi connectivity index (χ3n) is 2.77. The van der Waals surface area contributed by atoms with Crippen molar-refractivity contribution in [1.82, 2.24) is 5.32 Å². The number of rotatable bonds is 4. The van der Waals surface area contributed by atoms with Crippen molar-refractivity contribution >= 4 is 5.91 Å². The highest BCUT2D eigenvalue weighted by atomic mass is 16.6. The summed E-state index contributed by atoms with van der Waals surface area (Å²) in [7, 11) is 0. The third-order valence-corrected chi connectivity index (χ3v) is 2.77. The fraction of sp³-hybridized carbons (Fsp3) is 0.900. The van der Waals surface area contributed by atoms with E-state index in [2.05, 4.69) is 10.2 Å². The lowest BCUT2D eigenvalue weighted by Gasteiger charge is -2.21. The summed E-state index contributed by atoms with van der Waals surface area (Å²) in [5.74, 6) is 5.36. The van der Waals surface area contributed by atoms with Crippen molar-refractivity contribution in [1.29, 1.82) is 0 Å². The van der Waals surface area contributed by atoms with Gasteiger partial charge in [0.15, 0.2) is 0 Å². The van der Waals surface area contributed by atoms with Gasteiger partial charge in [-0.15, -0.1) is 0 Å². The van der Waals surface area contributed by atoms with Gasteiger partial charge in [0.1, 0.15) is 0 Å². The first-order valence-corrected chi connectivity index (χ1v) is 5.37. The number of nitrogens with two attached hydrogens (primary N) is 1. The first kappa shape index (κ1) is 11.5. The number of nitrogens with one attached hydrogen (secondary N) is 1. The van der Waals surface area contributed by atoms with Crippen molar-refractivity contribution in [3.05, 3.63) is 0 Å². The molecule has 0 aliphatic heterocycles. The average Bonchev–Trinajstić information content (AvgIpc) is 2.26. The SMILES string of the molecule is CC(CNC(=O)C1CCCCC1)ON. The molecule has 0 aromatic rings. The third kappa shape index (κ3) is 3.64. The lowest BCUT2D eigenvalue weighted by Crippen LogP contribution is -2.37. The zero-order valence-corrected chi connectivity index (χ0v) is 8.79. The fourth-order valence-electron chi connectivity index (χ4n) is 1.80. The van der Waals surface area contributed by atoms with Gasteiger partial charge in [-0.25, -0.2) is 5.90 Å². The molecule has 0 aromatic carbocycles. The highest BCUT2D eigenvalue weighted by molar-refractivity contribution is 5.78. The van der Waals surface area contributed by atoms with Gasteiger partial charge >= 0.3 is 0 Å². The van der Waals surface area contributed by atoms with Crippen LogP contribution >= 0.6 is 0 Å². The fourth-order valence-corrected chi connectivity index (χ4v) is 1.80. The average molecular weight is 200 g/mol. The van der Waals surface area contributed by atoms with Crippen LogP contribution in [0.2, 0.25) is 0 Å².